The highest BCUT2D eigenvalue weighted by Crippen LogP contribution is 2.34. The molecule has 190 valence electrons. The van der Waals surface area contributed by atoms with Crippen LogP contribution < -0.4 is 5.73 Å². The number of nitrogen functional groups attached to an aromatic ring is 1. The normalized spacial score (nSPS) is 19.2. The molecule has 0 radical (unpaired) electrons. The van der Waals surface area contributed by atoms with Crippen molar-refractivity contribution in [2.75, 3.05) is 12.3 Å². The topological polar surface area (TPSA) is 131 Å². The molecule has 1 fully saturated rings. The Bertz CT molecular complexity index is 1460. The Labute approximate surface area is 217 Å². The van der Waals surface area contributed by atoms with E-state index in [0.717, 1.165) is 11.1 Å². The zero-order chi connectivity index (χ0) is 26.1. The molecule has 1 saturated heterocycles. The number of hydrogen-bond acceptors (Lipinski definition) is 9. The minimum atomic E-state index is -0.735. The Morgan fingerprint density at radius 1 is 1.03 bits per heavy atom. The van der Waals surface area contributed by atoms with Crippen molar-refractivity contribution >= 4 is 40.7 Å². The van der Waals surface area contributed by atoms with Gasteiger partial charge in [0.15, 0.2) is 10.8 Å². The van der Waals surface area contributed by atoms with Gasteiger partial charge in [0, 0.05) is 6.42 Å². The van der Waals surface area contributed by atoms with Crippen LogP contribution in [0, 0.1) is 13.8 Å². The Hall–Kier alpha value is -4.02. The second-order valence-corrected chi connectivity index (χ2v) is 9.19. The van der Waals surface area contributed by atoms with Crippen molar-refractivity contribution in [1.82, 2.24) is 19.5 Å². The first-order chi connectivity index (χ1) is 17.8. The van der Waals surface area contributed by atoms with Crippen LogP contribution in [0.5, 0.6) is 0 Å². The van der Waals surface area contributed by atoms with E-state index < -0.39 is 30.4 Å². The molecule has 3 heterocycles. The molecule has 3 unspecified atom stereocenters. The van der Waals surface area contributed by atoms with Gasteiger partial charge in [0.05, 0.1) is 17.5 Å². The third kappa shape index (κ3) is 5.25. The van der Waals surface area contributed by atoms with Crippen molar-refractivity contribution in [3.05, 3.63) is 82.3 Å². The monoisotopic (exact) mass is 521 g/mol. The lowest BCUT2D eigenvalue weighted by atomic mass is 10.1. The molecule has 11 heteroatoms. The predicted octanol–water partition coefficient (Wildman–Crippen LogP) is 4.05. The van der Waals surface area contributed by atoms with Crippen LogP contribution >= 0.6 is 11.6 Å². The number of anilines is 1. The molecule has 4 aromatic rings. The number of imidazole rings is 1. The predicted molar refractivity (Wildman–Crippen MR) is 135 cm³/mol. The van der Waals surface area contributed by atoms with Crippen LogP contribution in [0.3, 0.4) is 0 Å². The number of halogens is 1. The van der Waals surface area contributed by atoms with E-state index in [1.165, 1.54) is 6.33 Å². The van der Waals surface area contributed by atoms with E-state index in [1.807, 2.05) is 38.1 Å². The van der Waals surface area contributed by atoms with E-state index >= 15 is 0 Å². The van der Waals surface area contributed by atoms with Crippen molar-refractivity contribution in [2.24, 2.45) is 0 Å². The Morgan fingerprint density at radius 3 is 2.30 bits per heavy atom. The maximum absolute atomic E-state index is 12.9. The third-order valence-electron chi connectivity index (χ3n) is 6.10. The number of carbonyl (C=O) groups excluding carboxylic acids is 2. The highest BCUT2D eigenvalue weighted by molar-refractivity contribution is 6.33. The smallest absolute Gasteiger partial charge is 0.338 e. The largest absolute Gasteiger partial charge is 0.459 e. The van der Waals surface area contributed by atoms with Crippen LogP contribution in [-0.4, -0.2) is 50.3 Å². The first-order valence-electron chi connectivity index (χ1n) is 11.6. The number of ether oxygens (including phenoxy) is 3. The summed E-state index contributed by atoms with van der Waals surface area (Å²) >= 11 is 6.17. The van der Waals surface area contributed by atoms with E-state index in [0.29, 0.717) is 22.3 Å². The highest BCUT2D eigenvalue weighted by atomic mass is 35.5. The van der Waals surface area contributed by atoms with Gasteiger partial charge in [-0.3, -0.25) is 4.57 Å². The molecule has 1 aliphatic rings. The number of esters is 2. The lowest BCUT2D eigenvalue weighted by molar-refractivity contribution is -0.0563. The zero-order valence-electron chi connectivity index (χ0n) is 20.1. The van der Waals surface area contributed by atoms with Crippen molar-refractivity contribution in [2.45, 2.75) is 38.7 Å². The molecule has 10 nitrogen and oxygen atoms in total. The van der Waals surface area contributed by atoms with Gasteiger partial charge in [-0.25, -0.2) is 14.6 Å². The molecule has 0 aliphatic carbocycles. The maximum atomic E-state index is 12.9. The number of benzene rings is 2. The second kappa shape index (κ2) is 10.2. The van der Waals surface area contributed by atoms with E-state index in [2.05, 4.69) is 15.0 Å². The summed E-state index contributed by atoms with van der Waals surface area (Å²) in [7, 11) is 0. The van der Waals surface area contributed by atoms with E-state index in [9.17, 15) is 9.59 Å². The number of aromatic nitrogens is 4. The molecular weight excluding hydrogens is 498 g/mol. The number of carbonyl (C=O) groups is 2. The highest BCUT2D eigenvalue weighted by Gasteiger charge is 2.40. The fraction of sp³-hybridized carbons (Fsp3) is 0.269. The zero-order valence-corrected chi connectivity index (χ0v) is 20.9. The molecule has 5 rings (SSSR count). The van der Waals surface area contributed by atoms with Crippen LogP contribution in [0.4, 0.5) is 5.95 Å². The summed E-state index contributed by atoms with van der Waals surface area (Å²) in [6.07, 6.45) is -0.307. The molecule has 2 aromatic heterocycles. The van der Waals surface area contributed by atoms with E-state index in [1.54, 1.807) is 28.8 Å². The summed E-state index contributed by atoms with van der Waals surface area (Å²) in [5.74, 6) is -1.02. The van der Waals surface area contributed by atoms with Crippen LogP contribution in [0.25, 0.3) is 11.2 Å². The molecule has 1 aliphatic heterocycles. The Morgan fingerprint density at radius 2 is 1.65 bits per heavy atom. The Balaban J connectivity index is 1.37. The molecule has 0 spiro atoms. The van der Waals surface area contributed by atoms with Gasteiger partial charge in [-0.1, -0.05) is 47.0 Å². The average molecular weight is 522 g/mol. The molecule has 0 bridgehead atoms. The number of rotatable bonds is 6. The quantitative estimate of drug-likeness (QED) is 0.295. The molecule has 0 amide bonds. The minimum Gasteiger partial charge on any atom is -0.459 e. The fourth-order valence-electron chi connectivity index (χ4n) is 4.08. The van der Waals surface area contributed by atoms with E-state index in [-0.39, 0.29) is 24.1 Å². The maximum Gasteiger partial charge on any atom is 0.338 e. The summed E-state index contributed by atoms with van der Waals surface area (Å²) in [4.78, 5) is 37.9. The number of fused-ring (bicyclic) bond motifs is 1. The van der Waals surface area contributed by atoms with Gasteiger partial charge >= 0.3 is 11.9 Å². The lowest BCUT2D eigenvalue weighted by Crippen LogP contribution is -2.32. The van der Waals surface area contributed by atoms with E-state index in [4.69, 9.17) is 31.5 Å². The number of nitrogens with two attached hydrogens (primary N) is 1. The minimum absolute atomic E-state index is 0.0110. The number of nitrogens with zero attached hydrogens (tertiary/aromatic N) is 4. The molecule has 2 aromatic carbocycles. The standard InChI is InChI=1S/C26H24ClN5O5/c1-14-3-7-16(8-4-14)24(33)35-12-19-18(37-25(34)17-9-5-15(2)6-10-17)11-20(36-19)32-13-29-21-22(27)30-26(28)31-23(21)32/h3-10,13,18-20H,11-12H2,1-2H3,(H2,28,30,31). The number of aryl methyl sites for hydroxylation is 2. The van der Waals surface area contributed by atoms with Crippen molar-refractivity contribution in [3.63, 3.8) is 0 Å². The third-order valence-corrected chi connectivity index (χ3v) is 6.36. The summed E-state index contributed by atoms with van der Waals surface area (Å²) in [5.41, 5.74) is 9.39. The van der Waals surface area contributed by atoms with Crippen LogP contribution in [-0.2, 0) is 14.2 Å². The van der Waals surface area contributed by atoms with Crippen LogP contribution in [0.2, 0.25) is 5.15 Å². The first-order valence-corrected chi connectivity index (χ1v) is 12.0. The Kier molecular flexibility index (Phi) is 6.77. The van der Waals surface area contributed by atoms with Crippen molar-refractivity contribution < 1.29 is 23.8 Å². The average Bonchev–Trinajstić information content (AvgIpc) is 3.47. The summed E-state index contributed by atoms with van der Waals surface area (Å²) in [6, 6.07) is 14.1. The van der Waals surface area contributed by atoms with Crippen molar-refractivity contribution in [3.8, 4) is 0 Å². The van der Waals surface area contributed by atoms with Crippen molar-refractivity contribution in [1.29, 1.82) is 0 Å². The lowest BCUT2D eigenvalue weighted by Gasteiger charge is -2.19. The van der Waals surface area contributed by atoms with Gasteiger partial charge in [0.25, 0.3) is 0 Å². The van der Waals surface area contributed by atoms with Crippen LogP contribution in [0.1, 0.15) is 44.5 Å². The summed E-state index contributed by atoms with van der Waals surface area (Å²) in [5, 5.41) is 0.116. The van der Waals surface area contributed by atoms with Crippen LogP contribution in [0.15, 0.2) is 54.9 Å². The fourth-order valence-corrected chi connectivity index (χ4v) is 4.30. The summed E-state index contributed by atoms with van der Waals surface area (Å²) < 4.78 is 19.2. The molecule has 2 N–H and O–H groups in total. The van der Waals surface area contributed by atoms with Gasteiger partial charge in [-0.15, -0.1) is 0 Å². The molecule has 3 atom stereocenters. The van der Waals surface area contributed by atoms with Gasteiger partial charge in [0.1, 0.15) is 30.6 Å². The molecule has 37 heavy (non-hydrogen) atoms. The SMILES string of the molecule is Cc1ccc(C(=O)OCC2OC(n3cnc4c(Cl)nc(N)nc43)CC2OC(=O)c2ccc(C)cc2)cc1. The summed E-state index contributed by atoms with van der Waals surface area (Å²) in [6.45, 7) is 3.74. The van der Waals surface area contributed by atoms with Gasteiger partial charge in [0.2, 0.25) is 5.95 Å². The first kappa shape index (κ1) is 24.7. The van der Waals surface area contributed by atoms with Gasteiger partial charge in [-0.2, -0.15) is 9.97 Å². The number of hydrogen-bond donors (Lipinski definition) is 1. The second-order valence-electron chi connectivity index (χ2n) is 8.84. The van der Waals surface area contributed by atoms with Gasteiger partial charge in [-0.05, 0) is 38.1 Å². The van der Waals surface area contributed by atoms with Gasteiger partial charge < -0.3 is 19.9 Å². The molecular formula is C26H24ClN5O5. The molecule has 0 saturated carbocycles.